The molecule has 6 nitrogen and oxygen atoms in total. The van der Waals surface area contributed by atoms with Crippen molar-refractivity contribution in [3.63, 3.8) is 0 Å². The Morgan fingerprint density at radius 2 is 1.97 bits per heavy atom. The number of fused-ring (bicyclic) bond motifs is 1. The van der Waals surface area contributed by atoms with Crippen LogP contribution >= 0.6 is 11.3 Å². The van der Waals surface area contributed by atoms with Gasteiger partial charge in [0.05, 0.1) is 19.7 Å². The highest BCUT2D eigenvalue weighted by atomic mass is 32.1. The van der Waals surface area contributed by atoms with E-state index in [1.54, 1.807) is 23.3 Å². The molecular weight excluding hydrogens is 388 g/mol. The van der Waals surface area contributed by atoms with Gasteiger partial charge in [-0.3, -0.25) is 9.59 Å². The molecule has 0 spiro atoms. The van der Waals surface area contributed by atoms with Crippen LogP contribution < -0.4 is 9.47 Å². The van der Waals surface area contributed by atoms with Crippen LogP contribution in [0.5, 0.6) is 11.5 Å². The first-order chi connectivity index (χ1) is 13.9. The van der Waals surface area contributed by atoms with Gasteiger partial charge in [0, 0.05) is 24.4 Å². The third kappa shape index (κ3) is 4.72. The summed E-state index contributed by atoms with van der Waals surface area (Å²) in [6.07, 6.45) is 0.825. The first-order valence-electron chi connectivity index (χ1n) is 9.81. The van der Waals surface area contributed by atoms with Crippen LogP contribution in [-0.2, 0) is 16.0 Å². The molecule has 0 saturated heterocycles. The van der Waals surface area contributed by atoms with E-state index < -0.39 is 0 Å². The summed E-state index contributed by atoms with van der Waals surface area (Å²) in [5.74, 6) is 1.16. The molecule has 0 saturated carbocycles. The molecule has 1 aliphatic heterocycles. The molecule has 29 heavy (non-hydrogen) atoms. The summed E-state index contributed by atoms with van der Waals surface area (Å²) in [4.78, 5) is 29.8. The Morgan fingerprint density at radius 3 is 2.62 bits per heavy atom. The number of methoxy groups -OCH3 is 1. The van der Waals surface area contributed by atoms with Crippen LogP contribution in [-0.4, -0.2) is 54.5 Å². The monoisotopic (exact) mass is 416 g/mol. The van der Waals surface area contributed by atoms with Gasteiger partial charge < -0.3 is 19.3 Å². The van der Waals surface area contributed by atoms with Crippen molar-refractivity contribution in [2.75, 3.05) is 26.8 Å². The summed E-state index contributed by atoms with van der Waals surface area (Å²) < 4.78 is 11.5. The molecule has 7 heteroatoms. The van der Waals surface area contributed by atoms with E-state index in [-0.39, 0.29) is 30.4 Å². The predicted molar refractivity (Wildman–Crippen MR) is 113 cm³/mol. The lowest BCUT2D eigenvalue weighted by atomic mass is 10.0. The van der Waals surface area contributed by atoms with Crippen LogP contribution in [0, 0.1) is 0 Å². The molecule has 0 bridgehead atoms. The Labute approximate surface area is 176 Å². The van der Waals surface area contributed by atoms with Gasteiger partial charge in [0.1, 0.15) is 6.61 Å². The van der Waals surface area contributed by atoms with Crippen LogP contribution in [0.1, 0.15) is 37.3 Å². The third-order valence-electron chi connectivity index (χ3n) is 5.21. The average molecular weight is 417 g/mol. The number of para-hydroxylation sites is 2. The number of benzene rings is 1. The van der Waals surface area contributed by atoms with Gasteiger partial charge in [0.25, 0.3) is 0 Å². The molecule has 1 aromatic carbocycles. The van der Waals surface area contributed by atoms with Crippen molar-refractivity contribution < 1.29 is 19.1 Å². The Kier molecular flexibility index (Phi) is 6.79. The van der Waals surface area contributed by atoms with E-state index in [0.29, 0.717) is 24.7 Å². The maximum Gasteiger partial charge on any atom is 0.242 e. The Balaban J connectivity index is 1.80. The minimum atomic E-state index is -0.191. The maximum absolute atomic E-state index is 13.1. The van der Waals surface area contributed by atoms with Crippen LogP contribution in [0.2, 0.25) is 0 Å². The molecule has 0 N–H and O–H groups in total. The zero-order valence-corrected chi connectivity index (χ0v) is 18.2. The van der Waals surface area contributed by atoms with Crippen molar-refractivity contribution in [2.45, 2.75) is 39.3 Å². The fraction of sp³-hybridized carbons (Fsp3) is 0.455. The second-order valence-corrected chi connectivity index (χ2v) is 8.36. The van der Waals surface area contributed by atoms with Crippen LogP contribution in [0.25, 0.3) is 0 Å². The molecule has 1 aromatic heterocycles. The highest BCUT2D eigenvalue weighted by Gasteiger charge is 2.33. The zero-order valence-electron chi connectivity index (χ0n) is 17.4. The molecule has 3 rings (SSSR count). The van der Waals surface area contributed by atoms with Gasteiger partial charge in [-0.2, -0.15) is 0 Å². The topological polar surface area (TPSA) is 59.1 Å². The molecule has 0 radical (unpaired) electrons. The Hall–Kier alpha value is -2.54. The van der Waals surface area contributed by atoms with Crippen LogP contribution in [0.4, 0.5) is 0 Å². The lowest BCUT2D eigenvalue weighted by Gasteiger charge is -2.37. The number of rotatable bonds is 7. The maximum atomic E-state index is 13.1. The lowest BCUT2D eigenvalue weighted by molar-refractivity contribution is -0.143. The number of nitrogens with zero attached hydrogens (tertiary/aromatic N) is 2. The minimum absolute atomic E-state index is 0.0266. The minimum Gasteiger partial charge on any atom is -0.493 e. The lowest BCUT2D eigenvalue weighted by Crippen LogP contribution is -2.49. The smallest absolute Gasteiger partial charge is 0.242 e. The molecule has 1 unspecified atom stereocenters. The Bertz CT molecular complexity index is 864. The van der Waals surface area contributed by atoms with Gasteiger partial charge >= 0.3 is 0 Å². The number of amides is 2. The molecule has 2 heterocycles. The summed E-state index contributed by atoms with van der Waals surface area (Å²) in [5.41, 5.74) is 1.13. The second-order valence-electron chi connectivity index (χ2n) is 7.35. The van der Waals surface area contributed by atoms with Crippen LogP contribution in [0.3, 0.4) is 0 Å². The predicted octanol–water partition coefficient (Wildman–Crippen LogP) is 3.52. The number of carbonyl (C=O) groups excluding carboxylic acids is 2. The normalized spacial score (nSPS) is 15.8. The summed E-state index contributed by atoms with van der Waals surface area (Å²) >= 11 is 1.71. The molecule has 1 atom stereocenters. The van der Waals surface area contributed by atoms with Gasteiger partial charge in [0.15, 0.2) is 11.5 Å². The quantitative estimate of drug-likeness (QED) is 0.693. The molecule has 0 aliphatic carbocycles. The van der Waals surface area contributed by atoms with Crippen molar-refractivity contribution in [1.29, 1.82) is 0 Å². The van der Waals surface area contributed by atoms with Crippen molar-refractivity contribution >= 4 is 23.2 Å². The fourth-order valence-electron chi connectivity index (χ4n) is 3.68. The van der Waals surface area contributed by atoms with Crippen molar-refractivity contribution in [3.8, 4) is 11.5 Å². The number of ether oxygens (including phenoxy) is 2. The number of carbonyl (C=O) groups is 2. The van der Waals surface area contributed by atoms with Crippen molar-refractivity contribution in [3.05, 3.63) is 46.2 Å². The number of hydrogen-bond donors (Lipinski definition) is 0. The summed E-state index contributed by atoms with van der Waals surface area (Å²) in [7, 11) is 1.61. The van der Waals surface area contributed by atoms with E-state index in [2.05, 4.69) is 11.4 Å². The largest absolute Gasteiger partial charge is 0.493 e. The van der Waals surface area contributed by atoms with Gasteiger partial charge in [-0.15, -0.1) is 11.3 Å². The molecular formula is C22H28N2O4S. The van der Waals surface area contributed by atoms with E-state index in [1.807, 2.05) is 43.0 Å². The molecule has 1 aliphatic rings. The average Bonchev–Trinajstić information content (AvgIpc) is 3.18. The van der Waals surface area contributed by atoms with E-state index >= 15 is 0 Å². The first-order valence-corrected chi connectivity index (χ1v) is 10.7. The SMILES string of the molecule is COc1ccccc1OCC1c2ccsc2CCN1C(=O)CN(C(C)=O)C(C)C. The van der Waals surface area contributed by atoms with E-state index in [9.17, 15) is 9.59 Å². The number of hydrogen-bond acceptors (Lipinski definition) is 5. The highest BCUT2D eigenvalue weighted by Crippen LogP contribution is 2.35. The summed E-state index contributed by atoms with van der Waals surface area (Å²) in [5, 5.41) is 2.06. The van der Waals surface area contributed by atoms with Crippen molar-refractivity contribution in [1.82, 2.24) is 9.80 Å². The van der Waals surface area contributed by atoms with E-state index in [1.165, 1.54) is 11.8 Å². The third-order valence-corrected chi connectivity index (χ3v) is 6.21. The molecule has 2 amide bonds. The molecule has 0 fully saturated rings. The van der Waals surface area contributed by atoms with E-state index in [4.69, 9.17) is 9.47 Å². The molecule has 156 valence electrons. The van der Waals surface area contributed by atoms with Gasteiger partial charge in [0.2, 0.25) is 11.8 Å². The van der Waals surface area contributed by atoms with E-state index in [0.717, 1.165) is 12.0 Å². The summed E-state index contributed by atoms with van der Waals surface area (Å²) in [6.45, 7) is 6.38. The van der Waals surface area contributed by atoms with Gasteiger partial charge in [-0.25, -0.2) is 0 Å². The summed E-state index contributed by atoms with van der Waals surface area (Å²) in [6, 6.07) is 9.35. The Morgan fingerprint density at radius 1 is 1.24 bits per heavy atom. The van der Waals surface area contributed by atoms with Gasteiger partial charge in [-0.05, 0) is 49.4 Å². The number of thiophene rings is 1. The first kappa shape index (κ1) is 21.2. The standard InChI is InChI=1S/C22H28N2O4S/c1-15(2)24(16(3)25)13-22(26)23-11-9-21-17(10-12-29-21)18(23)14-28-20-8-6-5-7-19(20)27-4/h5-8,10,12,15,18H,9,11,13-14H2,1-4H3. The second kappa shape index (κ2) is 9.31. The zero-order chi connectivity index (χ0) is 21.0. The van der Waals surface area contributed by atoms with Crippen LogP contribution in [0.15, 0.2) is 35.7 Å². The van der Waals surface area contributed by atoms with Gasteiger partial charge in [-0.1, -0.05) is 12.1 Å². The van der Waals surface area contributed by atoms with Crippen molar-refractivity contribution in [2.24, 2.45) is 0 Å². The molecule has 2 aromatic rings. The fourth-order valence-corrected chi connectivity index (χ4v) is 4.60. The highest BCUT2D eigenvalue weighted by molar-refractivity contribution is 7.10.